The predicted octanol–water partition coefficient (Wildman–Crippen LogP) is 3.74. The van der Waals surface area contributed by atoms with Gasteiger partial charge in [-0.25, -0.2) is 4.98 Å². The van der Waals surface area contributed by atoms with Crippen molar-refractivity contribution in [3.05, 3.63) is 47.2 Å². The average Bonchev–Trinajstić information content (AvgIpc) is 3.36. The first-order valence-corrected chi connectivity index (χ1v) is 8.37. The van der Waals surface area contributed by atoms with E-state index in [9.17, 15) is 4.79 Å². The molecule has 3 rings (SSSR count). The summed E-state index contributed by atoms with van der Waals surface area (Å²) in [4.78, 5) is 19.3. The molecule has 1 fully saturated rings. The third-order valence-electron chi connectivity index (χ3n) is 4.67. The summed E-state index contributed by atoms with van der Waals surface area (Å²) in [6, 6.07) is 8.03. The molecule has 0 unspecified atom stereocenters. The second-order valence-corrected chi connectivity index (χ2v) is 6.50. The highest BCUT2D eigenvalue weighted by Gasteiger charge is 2.36. The zero-order valence-electron chi connectivity index (χ0n) is 14.7. The maximum Gasteiger partial charge on any atom is 0.276 e. The van der Waals surface area contributed by atoms with Gasteiger partial charge in [0.05, 0.1) is 7.11 Å². The highest BCUT2D eigenvalue weighted by Crippen LogP contribution is 2.36. The Morgan fingerprint density at radius 1 is 1.33 bits per heavy atom. The van der Waals surface area contributed by atoms with Crippen molar-refractivity contribution >= 4 is 5.91 Å². The van der Waals surface area contributed by atoms with Crippen LogP contribution in [0.1, 0.15) is 47.5 Å². The largest absolute Gasteiger partial charge is 0.497 e. The van der Waals surface area contributed by atoms with Crippen LogP contribution in [0.2, 0.25) is 0 Å². The Balaban J connectivity index is 1.85. The maximum atomic E-state index is 13.1. The minimum Gasteiger partial charge on any atom is -0.497 e. The van der Waals surface area contributed by atoms with E-state index < -0.39 is 0 Å². The Labute approximate surface area is 142 Å². The summed E-state index contributed by atoms with van der Waals surface area (Å²) in [7, 11) is 1.65. The molecule has 1 aromatic carbocycles. The van der Waals surface area contributed by atoms with E-state index in [4.69, 9.17) is 9.15 Å². The second-order valence-electron chi connectivity index (χ2n) is 6.50. The van der Waals surface area contributed by atoms with E-state index in [-0.39, 0.29) is 11.9 Å². The number of methoxy groups -OCH3 is 1. The summed E-state index contributed by atoms with van der Waals surface area (Å²) in [5, 5.41) is 0. The van der Waals surface area contributed by atoms with E-state index in [1.54, 1.807) is 21.0 Å². The van der Waals surface area contributed by atoms with Crippen molar-refractivity contribution in [3.63, 3.8) is 0 Å². The summed E-state index contributed by atoms with van der Waals surface area (Å²) < 4.78 is 10.6. The van der Waals surface area contributed by atoms with E-state index in [0.29, 0.717) is 29.8 Å². The van der Waals surface area contributed by atoms with Gasteiger partial charge in [-0.3, -0.25) is 4.79 Å². The number of hydrogen-bond acceptors (Lipinski definition) is 4. The molecule has 1 aliphatic rings. The molecule has 1 aromatic heterocycles. The quantitative estimate of drug-likeness (QED) is 0.810. The molecule has 0 bridgehead atoms. The van der Waals surface area contributed by atoms with Crippen LogP contribution in [0.3, 0.4) is 0 Å². The molecule has 1 amide bonds. The van der Waals surface area contributed by atoms with Crippen LogP contribution in [0, 0.1) is 19.8 Å². The van der Waals surface area contributed by atoms with Gasteiger partial charge in [-0.05, 0) is 50.3 Å². The SMILES string of the molecule is COc1ccc(CN(C(=O)c2nc(C)oc2C)[C@@H](C)C2CC2)cc1. The first-order valence-electron chi connectivity index (χ1n) is 8.37. The minimum absolute atomic E-state index is 0.0560. The van der Waals surface area contributed by atoms with Gasteiger partial charge in [0.1, 0.15) is 11.5 Å². The molecule has 1 aliphatic carbocycles. The summed E-state index contributed by atoms with van der Waals surface area (Å²) in [6.45, 7) is 6.25. The Bertz CT molecular complexity index is 717. The van der Waals surface area contributed by atoms with Crippen molar-refractivity contribution in [2.45, 2.75) is 46.2 Å². The van der Waals surface area contributed by atoms with Gasteiger partial charge in [0.2, 0.25) is 0 Å². The number of carbonyl (C=O) groups excluding carboxylic acids is 1. The van der Waals surface area contributed by atoms with Crippen LogP contribution in [0.15, 0.2) is 28.7 Å². The van der Waals surface area contributed by atoms with Crippen LogP contribution in [-0.2, 0) is 6.54 Å². The number of aromatic nitrogens is 1. The molecule has 0 aliphatic heterocycles. The van der Waals surface area contributed by atoms with E-state index in [1.807, 2.05) is 29.2 Å². The lowest BCUT2D eigenvalue weighted by molar-refractivity contribution is 0.0647. The first kappa shape index (κ1) is 16.6. The molecular weight excluding hydrogens is 304 g/mol. The summed E-state index contributed by atoms with van der Waals surface area (Å²) in [5.74, 6) is 2.45. The fraction of sp³-hybridized carbons (Fsp3) is 0.474. The lowest BCUT2D eigenvalue weighted by Gasteiger charge is -2.29. The molecule has 5 nitrogen and oxygen atoms in total. The Morgan fingerprint density at radius 3 is 2.50 bits per heavy atom. The third kappa shape index (κ3) is 3.45. The molecule has 128 valence electrons. The highest BCUT2D eigenvalue weighted by atomic mass is 16.5. The lowest BCUT2D eigenvalue weighted by Crippen LogP contribution is -2.39. The molecule has 5 heteroatoms. The molecule has 2 aromatic rings. The smallest absolute Gasteiger partial charge is 0.276 e. The highest BCUT2D eigenvalue weighted by molar-refractivity contribution is 5.93. The molecule has 24 heavy (non-hydrogen) atoms. The van der Waals surface area contributed by atoms with Crippen LogP contribution in [-0.4, -0.2) is 28.9 Å². The second kappa shape index (κ2) is 6.67. The Kier molecular flexibility index (Phi) is 4.60. The molecule has 0 spiro atoms. The van der Waals surface area contributed by atoms with E-state index in [2.05, 4.69) is 11.9 Å². The zero-order valence-corrected chi connectivity index (χ0v) is 14.7. The van der Waals surface area contributed by atoms with Gasteiger partial charge in [0, 0.05) is 19.5 Å². The van der Waals surface area contributed by atoms with Crippen LogP contribution < -0.4 is 4.74 Å². The van der Waals surface area contributed by atoms with Gasteiger partial charge in [-0.1, -0.05) is 12.1 Å². The lowest BCUT2D eigenvalue weighted by atomic mass is 10.1. The van der Waals surface area contributed by atoms with Crippen LogP contribution >= 0.6 is 0 Å². The fourth-order valence-electron chi connectivity index (χ4n) is 3.02. The van der Waals surface area contributed by atoms with Gasteiger partial charge >= 0.3 is 0 Å². The minimum atomic E-state index is -0.0560. The predicted molar refractivity (Wildman–Crippen MR) is 91.0 cm³/mol. The van der Waals surface area contributed by atoms with E-state index in [0.717, 1.165) is 11.3 Å². The summed E-state index contributed by atoms with van der Waals surface area (Å²) >= 11 is 0. The molecular formula is C19H24N2O3. The van der Waals surface area contributed by atoms with Crippen molar-refractivity contribution in [1.82, 2.24) is 9.88 Å². The number of benzene rings is 1. The van der Waals surface area contributed by atoms with Gasteiger partial charge in [0.15, 0.2) is 11.6 Å². The topological polar surface area (TPSA) is 55.6 Å². The Hall–Kier alpha value is -2.30. The number of carbonyl (C=O) groups is 1. The van der Waals surface area contributed by atoms with Gasteiger partial charge in [-0.15, -0.1) is 0 Å². The maximum absolute atomic E-state index is 13.1. The molecule has 0 saturated heterocycles. The van der Waals surface area contributed by atoms with E-state index >= 15 is 0 Å². The number of rotatable bonds is 6. The number of hydrogen-bond donors (Lipinski definition) is 0. The van der Waals surface area contributed by atoms with Gasteiger partial charge < -0.3 is 14.1 Å². The average molecular weight is 328 g/mol. The number of amides is 1. The van der Waals surface area contributed by atoms with Gasteiger partial charge in [0.25, 0.3) is 5.91 Å². The van der Waals surface area contributed by atoms with Crippen LogP contribution in [0.5, 0.6) is 5.75 Å². The van der Waals surface area contributed by atoms with Crippen LogP contribution in [0.25, 0.3) is 0 Å². The van der Waals surface area contributed by atoms with Crippen molar-refractivity contribution in [1.29, 1.82) is 0 Å². The molecule has 1 saturated carbocycles. The fourth-order valence-corrected chi connectivity index (χ4v) is 3.02. The molecule has 1 heterocycles. The van der Waals surface area contributed by atoms with Gasteiger partial charge in [-0.2, -0.15) is 0 Å². The van der Waals surface area contributed by atoms with Crippen molar-refractivity contribution in [3.8, 4) is 5.75 Å². The van der Waals surface area contributed by atoms with Crippen molar-refractivity contribution in [2.75, 3.05) is 7.11 Å². The standard InChI is InChI=1S/C19H24N2O3/c1-12(16-7-8-16)21(11-15-5-9-17(23-4)10-6-15)19(22)18-13(2)24-14(3)20-18/h5-6,9-10,12,16H,7-8,11H2,1-4H3/t12-/m0/s1. The number of nitrogens with zero attached hydrogens (tertiary/aromatic N) is 2. The van der Waals surface area contributed by atoms with Crippen molar-refractivity contribution < 1.29 is 13.9 Å². The molecule has 1 atom stereocenters. The number of aryl methyl sites for hydroxylation is 2. The molecule has 0 N–H and O–H groups in total. The normalized spacial score (nSPS) is 15.2. The van der Waals surface area contributed by atoms with Crippen molar-refractivity contribution in [2.24, 2.45) is 5.92 Å². The Morgan fingerprint density at radius 2 is 2.00 bits per heavy atom. The van der Waals surface area contributed by atoms with E-state index in [1.165, 1.54) is 12.8 Å². The number of ether oxygens (including phenoxy) is 1. The summed E-state index contributed by atoms with van der Waals surface area (Å²) in [6.07, 6.45) is 2.37. The summed E-state index contributed by atoms with van der Waals surface area (Å²) in [5.41, 5.74) is 1.50. The molecule has 0 radical (unpaired) electrons. The number of oxazole rings is 1. The third-order valence-corrected chi connectivity index (χ3v) is 4.67. The first-order chi connectivity index (χ1) is 11.5. The monoisotopic (exact) mass is 328 g/mol. The van der Waals surface area contributed by atoms with Crippen LogP contribution in [0.4, 0.5) is 0 Å². The zero-order chi connectivity index (χ0) is 17.3.